The lowest BCUT2D eigenvalue weighted by Crippen LogP contribution is -2.42. The number of hydrogen-bond donors (Lipinski definition) is 1. The number of rotatable bonds is 6. The van der Waals surface area contributed by atoms with E-state index in [0.717, 1.165) is 17.8 Å². The Morgan fingerprint density at radius 1 is 1.21 bits per heavy atom. The summed E-state index contributed by atoms with van der Waals surface area (Å²) in [4.78, 5) is 0. The first-order valence-corrected chi connectivity index (χ1v) is 8.21. The van der Waals surface area contributed by atoms with E-state index >= 15 is 0 Å². The van der Waals surface area contributed by atoms with Crippen molar-refractivity contribution in [1.29, 1.82) is 0 Å². The third-order valence-corrected chi connectivity index (χ3v) is 4.45. The van der Waals surface area contributed by atoms with Gasteiger partial charge in [0.05, 0.1) is 0 Å². The molecule has 1 fully saturated rings. The molecule has 1 heteroatoms. The van der Waals surface area contributed by atoms with Gasteiger partial charge in [0.15, 0.2) is 0 Å². The normalized spacial score (nSPS) is 28.4. The zero-order chi connectivity index (χ0) is 14.5. The van der Waals surface area contributed by atoms with Gasteiger partial charge in [-0.3, -0.25) is 0 Å². The first-order chi connectivity index (χ1) is 8.81. The summed E-state index contributed by atoms with van der Waals surface area (Å²) < 4.78 is 0. The third-order valence-electron chi connectivity index (χ3n) is 4.45. The molecule has 0 amide bonds. The second kappa shape index (κ2) is 7.47. The fourth-order valence-corrected chi connectivity index (χ4v) is 3.50. The van der Waals surface area contributed by atoms with Gasteiger partial charge in [-0.05, 0) is 71.3 Å². The predicted octanol–water partition coefficient (Wildman–Crippen LogP) is 5.17. The second-order valence-electron chi connectivity index (χ2n) is 7.78. The number of hydrogen-bond acceptors (Lipinski definition) is 1. The molecule has 3 unspecified atom stereocenters. The summed E-state index contributed by atoms with van der Waals surface area (Å²) in [5, 5.41) is 3.71. The van der Waals surface area contributed by atoms with Crippen molar-refractivity contribution in [2.75, 3.05) is 6.54 Å². The highest BCUT2D eigenvalue weighted by Crippen LogP contribution is 2.39. The van der Waals surface area contributed by atoms with Gasteiger partial charge in [0.25, 0.3) is 0 Å². The first kappa shape index (κ1) is 16.8. The van der Waals surface area contributed by atoms with Crippen molar-refractivity contribution in [3.8, 4) is 0 Å². The smallest absolute Gasteiger partial charge is 0.00966 e. The maximum absolute atomic E-state index is 4.14. The molecule has 0 saturated heterocycles. The molecule has 0 aromatic carbocycles. The van der Waals surface area contributed by atoms with E-state index in [1.807, 2.05) is 0 Å². The standard InChI is InChI=1S/C18H35N/c1-7-8-15-9-10-16(13-19-18(4,5)6)17(12-15)11-14(2)3/h15-17,19H,2,7-13H2,1,3-6H3. The summed E-state index contributed by atoms with van der Waals surface area (Å²) in [6.45, 7) is 16.6. The third kappa shape index (κ3) is 6.61. The Morgan fingerprint density at radius 2 is 1.89 bits per heavy atom. The van der Waals surface area contributed by atoms with Crippen molar-refractivity contribution in [1.82, 2.24) is 5.32 Å². The summed E-state index contributed by atoms with van der Waals surface area (Å²) >= 11 is 0. The average molecular weight is 265 g/mol. The molecule has 1 rings (SSSR count). The van der Waals surface area contributed by atoms with Crippen LogP contribution in [-0.2, 0) is 0 Å². The number of nitrogens with one attached hydrogen (secondary N) is 1. The summed E-state index contributed by atoms with van der Waals surface area (Å²) in [5.41, 5.74) is 1.61. The highest BCUT2D eigenvalue weighted by molar-refractivity contribution is 4.95. The molecule has 0 spiro atoms. The van der Waals surface area contributed by atoms with Crippen LogP contribution in [0.2, 0.25) is 0 Å². The van der Waals surface area contributed by atoms with E-state index in [1.54, 1.807) is 0 Å². The molecule has 0 bridgehead atoms. The van der Waals surface area contributed by atoms with E-state index in [0.29, 0.717) is 0 Å². The van der Waals surface area contributed by atoms with Gasteiger partial charge in [-0.25, -0.2) is 0 Å². The summed E-state index contributed by atoms with van der Waals surface area (Å²) in [5.74, 6) is 2.68. The molecule has 112 valence electrons. The maximum atomic E-state index is 4.14. The van der Waals surface area contributed by atoms with Crippen LogP contribution in [0.5, 0.6) is 0 Å². The van der Waals surface area contributed by atoms with Gasteiger partial charge in [0.2, 0.25) is 0 Å². The molecule has 0 aliphatic heterocycles. The Morgan fingerprint density at radius 3 is 2.42 bits per heavy atom. The zero-order valence-corrected chi connectivity index (χ0v) is 13.9. The minimum Gasteiger partial charge on any atom is -0.312 e. The van der Waals surface area contributed by atoms with Gasteiger partial charge < -0.3 is 5.32 Å². The Balaban J connectivity index is 2.55. The van der Waals surface area contributed by atoms with Crippen molar-refractivity contribution in [2.45, 2.75) is 78.7 Å². The molecular weight excluding hydrogens is 230 g/mol. The van der Waals surface area contributed by atoms with Crippen LogP contribution < -0.4 is 5.32 Å². The van der Waals surface area contributed by atoms with Gasteiger partial charge in [-0.2, -0.15) is 0 Å². The minimum atomic E-state index is 0.244. The molecule has 1 saturated carbocycles. The molecule has 1 N–H and O–H groups in total. The van der Waals surface area contributed by atoms with Gasteiger partial charge >= 0.3 is 0 Å². The fourth-order valence-electron chi connectivity index (χ4n) is 3.50. The summed E-state index contributed by atoms with van der Waals surface area (Å²) in [6.07, 6.45) is 8.28. The topological polar surface area (TPSA) is 12.0 Å². The molecule has 0 radical (unpaired) electrons. The maximum Gasteiger partial charge on any atom is 0.00966 e. The molecule has 1 nitrogen and oxygen atoms in total. The van der Waals surface area contributed by atoms with Crippen LogP contribution in [0.15, 0.2) is 12.2 Å². The van der Waals surface area contributed by atoms with E-state index in [1.165, 1.54) is 50.6 Å². The molecular formula is C18H35N. The lowest BCUT2D eigenvalue weighted by molar-refractivity contribution is 0.159. The molecule has 0 heterocycles. The molecule has 3 atom stereocenters. The Hall–Kier alpha value is -0.300. The second-order valence-corrected chi connectivity index (χ2v) is 7.78. The highest BCUT2D eigenvalue weighted by Gasteiger charge is 2.30. The molecule has 1 aliphatic rings. The van der Waals surface area contributed by atoms with E-state index in [4.69, 9.17) is 0 Å². The van der Waals surface area contributed by atoms with E-state index < -0.39 is 0 Å². The van der Waals surface area contributed by atoms with E-state index in [9.17, 15) is 0 Å². The lowest BCUT2D eigenvalue weighted by atomic mass is 9.70. The Labute approximate surface area is 121 Å². The predicted molar refractivity (Wildman–Crippen MR) is 86.4 cm³/mol. The number of allylic oxidation sites excluding steroid dienone is 1. The van der Waals surface area contributed by atoms with Crippen LogP contribution in [0.4, 0.5) is 0 Å². The Bertz CT molecular complexity index is 274. The first-order valence-electron chi connectivity index (χ1n) is 8.21. The van der Waals surface area contributed by atoms with Gasteiger partial charge in [0.1, 0.15) is 0 Å². The Kier molecular flexibility index (Phi) is 6.59. The molecule has 19 heavy (non-hydrogen) atoms. The largest absolute Gasteiger partial charge is 0.312 e. The minimum absolute atomic E-state index is 0.244. The van der Waals surface area contributed by atoms with Crippen molar-refractivity contribution >= 4 is 0 Å². The fraction of sp³-hybridized carbons (Fsp3) is 0.889. The van der Waals surface area contributed by atoms with Crippen molar-refractivity contribution in [2.24, 2.45) is 17.8 Å². The highest BCUT2D eigenvalue weighted by atomic mass is 14.9. The summed E-state index contributed by atoms with van der Waals surface area (Å²) in [6, 6.07) is 0. The van der Waals surface area contributed by atoms with Crippen LogP contribution in [-0.4, -0.2) is 12.1 Å². The molecule has 0 aromatic rings. The monoisotopic (exact) mass is 265 g/mol. The van der Waals surface area contributed by atoms with E-state index in [-0.39, 0.29) is 5.54 Å². The van der Waals surface area contributed by atoms with Crippen LogP contribution in [0.1, 0.15) is 73.1 Å². The van der Waals surface area contributed by atoms with Crippen LogP contribution >= 0.6 is 0 Å². The van der Waals surface area contributed by atoms with Gasteiger partial charge in [0, 0.05) is 5.54 Å². The van der Waals surface area contributed by atoms with Gasteiger partial charge in [-0.1, -0.05) is 31.8 Å². The van der Waals surface area contributed by atoms with Crippen LogP contribution in [0.3, 0.4) is 0 Å². The van der Waals surface area contributed by atoms with Gasteiger partial charge in [-0.15, -0.1) is 6.58 Å². The summed E-state index contributed by atoms with van der Waals surface area (Å²) in [7, 11) is 0. The van der Waals surface area contributed by atoms with Crippen LogP contribution in [0, 0.1) is 17.8 Å². The molecule has 0 aromatic heterocycles. The average Bonchev–Trinajstić information content (AvgIpc) is 2.26. The van der Waals surface area contributed by atoms with Crippen molar-refractivity contribution < 1.29 is 0 Å². The zero-order valence-electron chi connectivity index (χ0n) is 13.9. The van der Waals surface area contributed by atoms with E-state index in [2.05, 4.69) is 46.5 Å². The van der Waals surface area contributed by atoms with Crippen LogP contribution in [0.25, 0.3) is 0 Å². The SMILES string of the molecule is C=C(C)CC1CC(CCC)CCC1CNC(C)(C)C. The lowest BCUT2D eigenvalue weighted by Gasteiger charge is -2.38. The van der Waals surface area contributed by atoms with Crippen molar-refractivity contribution in [3.63, 3.8) is 0 Å². The van der Waals surface area contributed by atoms with Crippen molar-refractivity contribution in [3.05, 3.63) is 12.2 Å². The quantitative estimate of drug-likeness (QED) is 0.653. The molecule has 1 aliphatic carbocycles.